The van der Waals surface area contributed by atoms with Crippen LogP contribution in [0.1, 0.15) is 12.6 Å². The predicted octanol–water partition coefficient (Wildman–Crippen LogP) is 1.77. The van der Waals surface area contributed by atoms with Crippen molar-refractivity contribution in [2.24, 2.45) is 0 Å². The summed E-state index contributed by atoms with van der Waals surface area (Å²) >= 11 is 3.03. The Morgan fingerprint density at radius 3 is 2.57 bits per heavy atom. The number of pyridine rings is 1. The number of hydrogen-bond donors (Lipinski definition) is 1. The van der Waals surface area contributed by atoms with Crippen LogP contribution in [-0.2, 0) is 16.3 Å². The number of nitrogens with one attached hydrogen (secondary N) is 1. The van der Waals surface area contributed by atoms with E-state index in [4.69, 9.17) is 0 Å². The second-order valence-electron chi connectivity index (χ2n) is 2.86. The quantitative estimate of drug-likeness (QED) is 0.857. The molecule has 1 heterocycles. The first-order valence-electron chi connectivity index (χ1n) is 4.05. The van der Waals surface area contributed by atoms with E-state index in [0.717, 1.165) is 0 Å². The molecule has 0 aliphatic rings. The standard InChI is InChI=1S/C8H11BrN2O2S/c1-3-6-7(14(2,12)13)4-5-8(10-6)11-9/h4-5H,3H2,1-2H3,(H,10,11). The summed E-state index contributed by atoms with van der Waals surface area (Å²) in [7, 11) is -3.18. The first-order valence-corrected chi connectivity index (χ1v) is 6.74. The lowest BCUT2D eigenvalue weighted by atomic mass is 10.3. The SMILES string of the molecule is CCc1nc(NBr)ccc1S(C)(=O)=O. The van der Waals surface area contributed by atoms with Crippen LogP contribution >= 0.6 is 16.1 Å². The molecule has 4 nitrogen and oxygen atoms in total. The van der Waals surface area contributed by atoms with Gasteiger partial charge in [0, 0.05) is 22.4 Å². The molecule has 1 N–H and O–H groups in total. The molecule has 0 fully saturated rings. The first-order chi connectivity index (χ1) is 6.49. The summed E-state index contributed by atoms with van der Waals surface area (Å²) in [5.74, 6) is 0.606. The molecule has 1 rings (SSSR count). The highest BCUT2D eigenvalue weighted by Crippen LogP contribution is 2.17. The van der Waals surface area contributed by atoms with E-state index in [1.807, 2.05) is 6.92 Å². The molecule has 1 aromatic rings. The molecular formula is C8H11BrN2O2S. The third-order valence-corrected chi connectivity index (χ3v) is 3.34. The molecule has 0 saturated heterocycles. The Bertz CT molecular complexity index is 431. The van der Waals surface area contributed by atoms with Crippen LogP contribution in [0, 0.1) is 0 Å². The summed E-state index contributed by atoms with van der Waals surface area (Å²) in [5.41, 5.74) is 0.581. The van der Waals surface area contributed by atoms with Gasteiger partial charge in [-0.1, -0.05) is 6.92 Å². The van der Waals surface area contributed by atoms with Gasteiger partial charge in [0.25, 0.3) is 0 Å². The Labute approximate surface area is 92.0 Å². The van der Waals surface area contributed by atoms with Crippen molar-refractivity contribution in [2.45, 2.75) is 18.2 Å². The number of anilines is 1. The molecule has 14 heavy (non-hydrogen) atoms. The maximum atomic E-state index is 11.3. The lowest BCUT2D eigenvalue weighted by Crippen LogP contribution is -2.04. The number of sulfone groups is 1. The number of rotatable bonds is 3. The van der Waals surface area contributed by atoms with Gasteiger partial charge in [-0.25, -0.2) is 13.4 Å². The van der Waals surface area contributed by atoms with Gasteiger partial charge in [-0.3, -0.25) is 0 Å². The summed E-state index contributed by atoms with van der Waals surface area (Å²) in [5, 5.41) is 0. The second-order valence-corrected chi connectivity index (χ2v) is 5.24. The lowest BCUT2D eigenvalue weighted by molar-refractivity contribution is 0.600. The van der Waals surface area contributed by atoms with E-state index in [2.05, 4.69) is 25.5 Å². The van der Waals surface area contributed by atoms with Crippen LogP contribution in [0.3, 0.4) is 0 Å². The summed E-state index contributed by atoms with van der Waals surface area (Å²) < 4.78 is 25.4. The van der Waals surface area contributed by atoms with Gasteiger partial charge in [-0.05, 0) is 18.6 Å². The molecule has 0 aliphatic heterocycles. The number of aryl methyl sites for hydroxylation is 1. The predicted molar refractivity (Wildman–Crippen MR) is 59.3 cm³/mol. The summed E-state index contributed by atoms with van der Waals surface area (Å²) in [6.07, 6.45) is 1.77. The Morgan fingerprint density at radius 1 is 1.50 bits per heavy atom. The number of nitrogens with zero attached hydrogens (tertiary/aromatic N) is 1. The topological polar surface area (TPSA) is 59.1 Å². The molecule has 6 heteroatoms. The lowest BCUT2D eigenvalue weighted by Gasteiger charge is -2.06. The van der Waals surface area contributed by atoms with Crippen LogP contribution in [0.2, 0.25) is 0 Å². The van der Waals surface area contributed by atoms with E-state index in [-0.39, 0.29) is 0 Å². The molecule has 0 radical (unpaired) electrons. The summed E-state index contributed by atoms with van der Waals surface area (Å²) in [6.45, 7) is 1.87. The van der Waals surface area contributed by atoms with Crippen molar-refractivity contribution in [1.29, 1.82) is 0 Å². The zero-order chi connectivity index (χ0) is 10.8. The summed E-state index contributed by atoms with van der Waals surface area (Å²) in [4.78, 5) is 4.44. The molecule has 1 aromatic heterocycles. The Balaban J connectivity index is 3.33. The van der Waals surface area contributed by atoms with Crippen molar-refractivity contribution in [3.63, 3.8) is 0 Å². The van der Waals surface area contributed by atoms with Crippen molar-refractivity contribution in [1.82, 2.24) is 4.98 Å². The number of aromatic nitrogens is 1. The molecule has 78 valence electrons. The van der Waals surface area contributed by atoms with Crippen LogP contribution in [0.4, 0.5) is 5.82 Å². The number of hydrogen-bond acceptors (Lipinski definition) is 4. The zero-order valence-electron chi connectivity index (χ0n) is 7.91. The average Bonchev–Trinajstić information content (AvgIpc) is 2.15. The van der Waals surface area contributed by atoms with E-state index in [1.165, 1.54) is 6.26 Å². The number of halogens is 1. The maximum Gasteiger partial charge on any atom is 0.177 e. The van der Waals surface area contributed by atoms with Gasteiger partial charge in [0.05, 0.1) is 10.6 Å². The second kappa shape index (κ2) is 4.27. The van der Waals surface area contributed by atoms with Gasteiger partial charge >= 0.3 is 0 Å². The molecule has 0 saturated carbocycles. The fourth-order valence-corrected chi connectivity index (χ4v) is 2.29. The molecule has 0 spiro atoms. The highest BCUT2D eigenvalue weighted by molar-refractivity contribution is 9.10. The Morgan fingerprint density at radius 2 is 2.14 bits per heavy atom. The molecule has 0 aliphatic carbocycles. The van der Waals surface area contributed by atoms with E-state index < -0.39 is 9.84 Å². The van der Waals surface area contributed by atoms with E-state index >= 15 is 0 Å². The minimum absolute atomic E-state index is 0.298. The fourth-order valence-electron chi connectivity index (χ4n) is 1.13. The van der Waals surface area contributed by atoms with Crippen molar-refractivity contribution < 1.29 is 8.42 Å². The molecule has 0 unspecified atom stereocenters. The van der Waals surface area contributed by atoms with Gasteiger partial charge in [0.15, 0.2) is 9.84 Å². The Hall–Kier alpha value is -0.620. The maximum absolute atomic E-state index is 11.3. The van der Waals surface area contributed by atoms with Crippen molar-refractivity contribution in [3.8, 4) is 0 Å². The van der Waals surface area contributed by atoms with Gasteiger partial charge in [-0.15, -0.1) is 0 Å². The summed E-state index contributed by atoms with van der Waals surface area (Å²) in [6, 6.07) is 3.18. The molecule has 0 amide bonds. The molecule has 0 atom stereocenters. The van der Waals surface area contributed by atoms with Gasteiger partial charge < -0.3 is 4.34 Å². The van der Waals surface area contributed by atoms with Crippen LogP contribution in [-0.4, -0.2) is 19.7 Å². The smallest absolute Gasteiger partial charge is 0.177 e. The van der Waals surface area contributed by atoms with Gasteiger partial charge in [0.2, 0.25) is 0 Å². The molecule has 0 bridgehead atoms. The fraction of sp³-hybridized carbons (Fsp3) is 0.375. The minimum Gasteiger partial charge on any atom is -0.307 e. The van der Waals surface area contributed by atoms with Gasteiger partial charge in [-0.2, -0.15) is 0 Å². The Kier molecular flexibility index (Phi) is 3.49. The molecule has 0 aromatic carbocycles. The largest absolute Gasteiger partial charge is 0.307 e. The molecular weight excluding hydrogens is 268 g/mol. The van der Waals surface area contributed by atoms with Gasteiger partial charge in [0.1, 0.15) is 5.82 Å². The van der Waals surface area contributed by atoms with E-state index in [0.29, 0.717) is 22.8 Å². The minimum atomic E-state index is -3.18. The first kappa shape index (κ1) is 11.5. The monoisotopic (exact) mass is 278 g/mol. The van der Waals surface area contributed by atoms with E-state index in [9.17, 15) is 8.42 Å². The van der Waals surface area contributed by atoms with Crippen molar-refractivity contribution >= 4 is 31.8 Å². The average molecular weight is 279 g/mol. The normalized spacial score (nSPS) is 11.4. The van der Waals surface area contributed by atoms with Crippen LogP contribution in [0.15, 0.2) is 17.0 Å². The van der Waals surface area contributed by atoms with Crippen molar-refractivity contribution in [3.05, 3.63) is 17.8 Å². The highest BCUT2D eigenvalue weighted by atomic mass is 79.9. The third-order valence-electron chi connectivity index (χ3n) is 1.76. The van der Waals surface area contributed by atoms with Crippen molar-refractivity contribution in [2.75, 3.05) is 10.6 Å². The highest BCUT2D eigenvalue weighted by Gasteiger charge is 2.13. The zero-order valence-corrected chi connectivity index (χ0v) is 10.3. The van der Waals surface area contributed by atoms with Crippen LogP contribution < -0.4 is 4.34 Å². The van der Waals surface area contributed by atoms with Crippen LogP contribution in [0.5, 0.6) is 0 Å². The van der Waals surface area contributed by atoms with Crippen LogP contribution in [0.25, 0.3) is 0 Å². The van der Waals surface area contributed by atoms with E-state index in [1.54, 1.807) is 12.1 Å². The third kappa shape index (κ3) is 2.45.